The number of carbonyl (C=O) groups is 1. The first-order chi connectivity index (χ1) is 10.0. The van der Waals surface area contributed by atoms with E-state index in [1.54, 1.807) is 18.2 Å². The number of imidazole rings is 1. The Morgan fingerprint density at radius 3 is 2.67 bits per heavy atom. The molecule has 0 amide bonds. The molecule has 0 aliphatic rings. The Bertz CT molecular complexity index is 877. The Kier molecular flexibility index (Phi) is 3.30. The zero-order valence-electron chi connectivity index (χ0n) is 10.6. The second-order valence-corrected chi connectivity index (χ2v) is 5.24. The minimum atomic E-state index is -1.10. The van der Waals surface area contributed by atoms with Crippen molar-refractivity contribution in [1.82, 2.24) is 9.97 Å². The van der Waals surface area contributed by atoms with Gasteiger partial charge in [-0.15, -0.1) is 0 Å². The van der Waals surface area contributed by atoms with Gasteiger partial charge in [-0.3, -0.25) is 0 Å². The summed E-state index contributed by atoms with van der Waals surface area (Å²) in [6, 6.07) is 6.56. The van der Waals surface area contributed by atoms with Crippen molar-refractivity contribution in [2.45, 2.75) is 6.54 Å². The summed E-state index contributed by atoms with van der Waals surface area (Å²) in [5.74, 6) is -0.702. The number of hydrogen-bond donors (Lipinski definition) is 4. The van der Waals surface area contributed by atoms with E-state index in [4.69, 9.17) is 9.52 Å². The number of furan rings is 1. The lowest BCUT2D eigenvalue weighted by atomic mass is 10.2. The second kappa shape index (κ2) is 5.13. The van der Waals surface area contributed by atoms with Crippen LogP contribution in [0.15, 0.2) is 37.9 Å². The quantitative estimate of drug-likeness (QED) is 0.577. The van der Waals surface area contributed by atoms with Crippen molar-refractivity contribution in [2.24, 2.45) is 0 Å². The molecule has 0 saturated carbocycles. The molecule has 0 unspecified atom stereocenters. The van der Waals surface area contributed by atoms with Gasteiger partial charge in [0, 0.05) is 4.47 Å². The zero-order valence-corrected chi connectivity index (χ0v) is 12.2. The van der Waals surface area contributed by atoms with Crippen LogP contribution in [-0.4, -0.2) is 21.0 Å². The third-order valence-electron chi connectivity index (χ3n) is 2.93. The number of carboxylic acid groups (broad SMARTS) is 1. The fourth-order valence-electron chi connectivity index (χ4n) is 1.96. The number of aromatic nitrogens is 2. The molecule has 8 heteroatoms. The summed E-state index contributed by atoms with van der Waals surface area (Å²) in [5, 5.41) is 11.9. The van der Waals surface area contributed by atoms with Gasteiger partial charge >= 0.3 is 11.7 Å². The monoisotopic (exact) mass is 351 g/mol. The molecule has 108 valence electrons. The van der Waals surface area contributed by atoms with E-state index in [2.05, 4.69) is 31.2 Å². The fraction of sp³-hybridized carbons (Fsp3) is 0.0769. The van der Waals surface area contributed by atoms with Gasteiger partial charge in [-0.25, -0.2) is 9.59 Å². The number of benzene rings is 1. The first kappa shape index (κ1) is 13.5. The normalized spacial score (nSPS) is 10.9. The molecule has 7 nitrogen and oxygen atoms in total. The molecule has 2 heterocycles. The van der Waals surface area contributed by atoms with E-state index >= 15 is 0 Å². The minimum Gasteiger partial charge on any atom is -0.475 e. The van der Waals surface area contributed by atoms with Gasteiger partial charge in [0.05, 0.1) is 23.3 Å². The van der Waals surface area contributed by atoms with Crippen molar-refractivity contribution < 1.29 is 14.3 Å². The molecule has 0 bridgehead atoms. The molecule has 0 spiro atoms. The van der Waals surface area contributed by atoms with Gasteiger partial charge < -0.3 is 24.8 Å². The number of halogens is 1. The highest BCUT2D eigenvalue weighted by Gasteiger charge is 2.10. The number of nitrogens with one attached hydrogen (secondary N) is 3. The zero-order chi connectivity index (χ0) is 15.0. The second-order valence-electron chi connectivity index (χ2n) is 4.38. The number of fused-ring (bicyclic) bond motifs is 1. The van der Waals surface area contributed by atoms with Crippen LogP contribution in [0.4, 0.5) is 5.69 Å². The molecule has 3 aromatic rings. The van der Waals surface area contributed by atoms with Crippen LogP contribution in [-0.2, 0) is 6.54 Å². The summed E-state index contributed by atoms with van der Waals surface area (Å²) >= 11 is 3.41. The van der Waals surface area contributed by atoms with Crippen LogP contribution in [0.3, 0.4) is 0 Å². The predicted molar refractivity (Wildman–Crippen MR) is 79.6 cm³/mol. The molecule has 0 saturated heterocycles. The number of carboxylic acids is 1. The number of hydrogen-bond acceptors (Lipinski definition) is 4. The summed E-state index contributed by atoms with van der Waals surface area (Å²) < 4.78 is 5.93. The number of anilines is 1. The Labute approximate surface area is 126 Å². The van der Waals surface area contributed by atoms with E-state index in [0.717, 1.165) is 10.2 Å². The van der Waals surface area contributed by atoms with Crippen LogP contribution in [0, 0.1) is 0 Å². The van der Waals surface area contributed by atoms with Gasteiger partial charge in [0.1, 0.15) is 5.76 Å². The van der Waals surface area contributed by atoms with Crippen molar-refractivity contribution in [3.05, 3.63) is 50.7 Å². The topological polar surface area (TPSA) is 111 Å². The maximum absolute atomic E-state index is 11.2. The molecule has 0 radical (unpaired) electrons. The summed E-state index contributed by atoms with van der Waals surface area (Å²) in [6.45, 7) is 0.325. The maximum Gasteiger partial charge on any atom is 0.371 e. The smallest absolute Gasteiger partial charge is 0.371 e. The maximum atomic E-state index is 11.2. The Hall–Kier alpha value is -2.48. The summed E-state index contributed by atoms with van der Waals surface area (Å²) in [4.78, 5) is 27.3. The van der Waals surface area contributed by atoms with Crippen LogP contribution in [0.2, 0.25) is 0 Å². The van der Waals surface area contributed by atoms with Crippen LogP contribution in [0.5, 0.6) is 0 Å². The Morgan fingerprint density at radius 2 is 2.00 bits per heavy atom. The number of aromatic amines is 2. The van der Waals surface area contributed by atoms with E-state index < -0.39 is 5.97 Å². The van der Waals surface area contributed by atoms with Crippen molar-refractivity contribution >= 4 is 38.6 Å². The van der Waals surface area contributed by atoms with Crippen LogP contribution in [0.1, 0.15) is 16.3 Å². The number of aromatic carboxylic acids is 1. The first-order valence-electron chi connectivity index (χ1n) is 6.00. The van der Waals surface area contributed by atoms with Gasteiger partial charge in [0.15, 0.2) is 0 Å². The average molecular weight is 352 g/mol. The molecular weight excluding hydrogens is 342 g/mol. The van der Waals surface area contributed by atoms with E-state index in [1.165, 1.54) is 6.07 Å². The van der Waals surface area contributed by atoms with Crippen molar-refractivity contribution in [3.8, 4) is 0 Å². The lowest BCUT2D eigenvalue weighted by molar-refractivity contribution is 0.0660. The average Bonchev–Trinajstić information content (AvgIpc) is 3.01. The lowest BCUT2D eigenvalue weighted by Crippen LogP contribution is -1.99. The van der Waals surface area contributed by atoms with Crippen LogP contribution >= 0.6 is 15.9 Å². The standard InChI is InChI=1S/C13H10BrN3O4/c14-7-3-9-10(17-13(20)16-9)4-8(7)15-5-6-1-2-11(21-6)12(18)19/h1-4,15H,5H2,(H,18,19)(H2,16,17,20). The Morgan fingerprint density at radius 1 is 1.29 bits per heavy atom. The van der Waals surface area contributed by atoms with Gasteiger partial charge in [0.25, 0.3) is 0 Å². The molecule has 0 fully saturated rings. The van der Waals surface area contributed by atoms with E-state index in [9.17, 15) is 9.59 Å². The van der Waals surface area contributed by atoms with Gasteiger partial charge in [0.2, 0.25) is 5.76 Å². The van der Waals surface area contributed by atoms with Crippen molar-refractivity contribution in [3.63, 3.8) is 0 Å². The minimum absolute atomic E-state index is 0.101. The molecule has 4 N–H and O–H groups in total. The molecule has 0 atom stereocenters. The lowest BCUT2D eigenvalue weighted by Gasteiger charge is -2.07. The van der Waals surface area contributed by atoms with Crippen LogP contribution in [0.25, 0.3) is 11.0 Å². The number of H-pyrrole nitrogens is 2. The highest BCUT2D eigenvalue weighted by molar-refractivity contribution is 9.10. The predicted octanol–water partition coefficient (Wildman–Crippen LogP) is 2.52. The van der Waals surface area contributed by atoms with E-state index in [0.29, 0.717) is 23.3 Å². The molecule has 21 heavy (non-hydrogen) atoms. The highest BCUT2D eigenvalue weighted by Crippen LogP contribution is 2.27. The summed E-state index contributed by atoms with van der Waals surface area (Å²) in [7, 11) is 0. The number of rotatable bonds is 4. The summed E-state index contributed by atoms with van der Waals surface area (Å²) in [5.41, 5.74) is 1.86. The van der Waals surface area contributed by atoms with E-state index in [1.807, 2.05) is 0 Å². The van der Waals surface area contributed by atoms with Crippen molar-refractivity contribution in [1.29, 1.82) is 0 Å². The van der Waals surface area contributed by atoms with Crippen LogP contribution < -0.4 is 11.0 Å². The fourth-order valence-corrected chi connectivity index (χ4v) is 2.45. The molecule has 0 aliphatic carbocycles. The third kappa shape index (κ3) is 2.70. The largest absolute Gasteiger partial charge is 0.475 e. The molecule has 1 aromatic carbocycles. The van der Waals surface area contributed by atoms with Gasteiger partial charge in [-0.2, -0.15) is 0 Å². The highest BCUT2D eigenvalue weighted by atomic mass is 79.9. The first-order valence-corrected chi connectivity index (χ1v) is 6.79. The van der Waals surface area contributed by atoms with Crippen molar-refractivity contribution in [2.75, 3.05) is 5.32 Å². The summed E-state index contributed by atoms with van der Waals surface area (Å²) in [6.07, 6.45) is 0. The Balaban J connectivity index is 1.82. The van der Waals surface area contributed by atoms with Gasteiger partial charge in [-0.05, 0) is 40.2 Å². The van der Waals surface area contributed by atoms with E-state index in [-0.39, 0.29) is 11.4 Å². The molecule has 3 rings (SSSR count). The molecule has 2 aromatic heterocycles. The SMILES string of the molecule is O=C(O)c1ccc(CNc2cc3[nH]c(=O)[nH]c3cc2Br)o1. The third-order valence-corrected chi connectivity index (χ3v) is 3.59. The molecular formula is C13H10BrN3O4. The molecule has 0 aliphatic heterocycles. The van der Waals surface area contributed by atoms with Gasteiger partial charge in [-0.1, -0.05) is 0 Å².